The van der Waals surface area contributed by atoms with Crippen LogP contribution in [0.25, 0.3) is 0 Å². The lowest BCUT2D eigenvalue weighted by Crippen LogP contribution is -2.32. The molecule has 1 atom stereocenters. The third kappa shape index (κ3) is 4.02. The number of aromatic carboxylic acids is 1. The van der Waals surface area contributed by atoms with E-state index in [9.17, 15) is 9.59 Å². The molecular formula is C20H22N2O5. The van der Waals surface area contributed by atoms with Crippen molar-refractivity contribution in [1.82, 2.24) is 10.3 Å². The number of nitrogens with zero attached hydrogens (tertiary/aromatic N) is 1. The van der Waals surface area contributed by atoms with Crippen LogP contribution in [0, 0.1) is 12.8 Å². The molecule has 0 saturated heterocycles. The zero-order valence-corrected chi connectivity index (χ0v) is 15.5. The van der Waals surface area contributed by atoms with Crippen LogP contribution >= 0.6 is 0 Å². The molecule has 0 radical (unpaired) electrons. The average molecular weight is 370 g/mol. The van der Waals surface area contributed by atoms with Crippen LogP contribution in [-0.4, -0.2) is 35.2 Å². The van der Waals surface area contributed by atoms with Crippen molar-refractivity contribution in [2.24, 2.45) is 5.92 Å². The molecule has 0 spiro atoms. The number of carbonyl (C=O) groups is 2. The van der Waals surface area contributed by atoms with Gasteiger partial charge in [0.15, 0.2) is 11.5 Å². The van der Waals surface area contributed by atoms with E-state index in [0.717, 1.165) is 5.56 Å². The number of carbonyl (C=O) groups excluding carboxylic acids is 1. The second-order valence-corrected chi connectivity index (χ2v) is 6.73. The number of carboxylic acid groups (broad SMARTS) is 1. The van der Waals surface area contributed by atoms with Crippen molar-refractivity contribution in [1.29, 1.82) is 0 Å². The van der Waals surface area contributed by atoms with E-state index >= 15 is 0 Å². The summed E-state index contributed by atoms with van der Waals surface area (Å²) in [5, 5.41) is 12.1. The van der Waals surface area contributed by atoms with Gasteiger partial charge >= 0.3 is 5.97 Å². The summed E-state index contributed by atoms with van der Waals surface area (Å²) >= 11 is 0. The summed E-state index contributed by atoms with van der Waals surface area (Å²) in [7, 11) is 0. The lowest BCUT2D eigenvalue weighted by atomic mass is 9.95. The number of aromatic nitrogens is 1. The number of carboxylic acids is 1. The maximum atomic E-state index is 12.7. The molecule has 1 aliphatic rings. The Bertz CT molecular complexity index is 879. The molecule has 1 aromatic carbocycles. The van der Waals surface area contributed by atoms with Crippen LogP contribution in [-0.2, 0) is 0 Å². The molecular weight excluding hydrogens is 348 g/mol. The Balaban J connectivity index is 1.83. The van der Waals surface area contributed by atoms with Gasteiger partial charge in [0.25, 0.3) is 5.91 Å². The Kier molecular flexibility index (Phi) is 5.30. The minimum absolute atomic E-state index is 0.0822. The summed E-state index contributed by atoms with van der Waals surface area (Å²) in [5.74, 6) is 0.0571. The topological polar surface area (TPSA) is 97.8 Å². The Morgan fingerprint density at radius 3 is 2.44 bits per heavy atom. The van der Waals surface area contributed by atoms with E-state index in [1.807, 2.05) is 32.0 Å². The number of fused-ring (bicyclic) bond motifs is 1. The third-order valence-electron chi connectivity index (χ3n) is 4.43. The van der Waals surface area contributed by atoms with E-state index in [-0.39, 0.29) is 29.1 Å². The first-order chi connectivity index (χ1) is 12.9. The molecule has 2 heterocycles. The molecule has 1 unspecified atom stereocenters. The number of hydrogen-bond donors (Lipinski definition) is 2. The largest absolute Gasteiger partial charge is 0.486 e. The fourth-order valence-corrected chi connectivity index (χ4v) is 3.02. The van der Waals surface area contributed by atoms with Gasteiger partial charge in [-0.3, -0.25) is 4.79 Å². The van der Waals surface area contributed by atoms with Gasteiger partial charge < -0.3 is 19.9 Å². The summed E-state index contributed by atoms with van der Waals surface area (Å²) in [6.07, 6.45) is 0. The Hall–Kier alpha value is -3.09. The predicted octanol–water partition coefficient (Wildman–Crippen LogP) is 2.99. The Morgan fingerprint density at radius 1 is 1.11 bits per heavy atom. The maximum Gasteiger partial charge on any atom is 0.337 e. The molecule has 1 aromatic heterocycles. The lowest BCUT2D eigenvalue weighted by molar-refractivity contribution is 0.0694. The van der Waals surface area contributed by atoms with Crippen molar-refractivity contribution in [3.05, 3.63) is 52.8 Å². The molecule has 0 saturated carbocycles. The highest BCUT2D eigenvalue weighted by Crippen LogP contribution is 2.34. The summed E-state index contributed by atoms with van der Waals surface area (Å²) in [4.78, 5) is 27.9. The van der Waals surface area contributed by atoms with Gasteiger partial charge in [-0.1, -0.05) is 19.9 Å². The summed E-state index contributed by atoms with van der Waals surface area (Å²) in [6.45, 7) is 6.60. The second-order valence-electron chi connectivity index (χ2n) is 6.73. The van der Waals surface area contributed by atoms with Crippen LogP contribution in [0.2, 0.25) is 0 Å². The highest BCUT2D eigenvalue weighted by atomic mass is 16.6. The van der Waals surface area contributed by atoms with Crippen molar-refractivity contribution in [3.63, 3.8) is 0 Å². The van der Waals surface area contributed by atoms with Gasteiger partial charge in [-0.25, -0.2) is 9.78 Å². The van der Waals surface area contributed by atoms with Gasteiger partial charge in [0, 0.05) is 0 Å². The SMILES string of the molecule is Cc1nc(C(=O)NC(c2ccc3c(c2)OCCO3)C(C)C)ccc1C(=O)O. The van der Waals surface area contributed by atoms with Crippen LogP contribution in [0.3, 0.4) is 0 Å². The van der Waals surface area contributed by atoms with E-state index in [2.05, 4.69) is 10.3 Å². The number of amides is 1. The molecule has 7 heteroatoms. The predicted molar refractivity (Wildman–Crippen MR) is 98.4 cm³/mol. The molecule has 1 aliphatic heterocycles. The van der Waals surface area contributed by atoms with Gasteiger partial charge in [0.1, 0.15) is 18.9 Å². The van der Waals surface area contributed by atoms with Crippen molar-refractivity contribution in [3.8, 4) is 11.5 Å². The summed E-state index contributed by atoms with van der Waals surface area (Å²) in [5.41, 5.74) is 1.47. The fourth-order valence-electron chi connectivity index (χ4n) is 3.02. The van der Waals surface area contributed by atoms with E-state index in [1.54, 1.807) is 6.92 Å². The second kappa shape index (κ2) is 7.65. The molecule has 0 aliphatic carbocycles. The Morgan fingerprint density at radius 2 is 1.81 bits per heavy atom. The minimum atomic E-state index is -1.07. The van der Waals surface area contributed by atoms with Crippen molar-refractivity contribution >= 4 is 11.9 Å². The minimum Gasteiger partial charge on any atom is -0.486 e. The number of rotatable bonds is 5. The standard InChI is InChI=1S/C20H22N2O5/c1-11(2)18(13-4-7-16-17(10-13)27-9-8-26-16)22-19(23)15-6-5-14(20(24)25)12(3)21-15/h4-7,10-11,18H,8-9H2,1-3H3,(H,22,23)(H,24,25). The van der Waals surface area contributed by atoms with Crippen LogP contribution in [0.1, 0.15) is 52.0 Å². The molecule has 2 N–H and O–H groups in total. The highest BCUT2D eigenvalue weighted by Gasteiger charge is 2.23. The lowest BCUT2D eigenvalue weighted by Gasteiger charge is -2.25. The smallest absolute Gasteiger partial charge is 0.337 e. The number of aryl methyl sites for hydroxylation is 1. The molecule has 0 bridgehead atoms. The first kappa shape index (κ1) is 18.7. The van der Waals surface area contributed by atoms with Crippen molar-refractivity contribution < 1.29 is 24.2 Å². The van der Waals surface area contributed by atoms with Crippen LogP contribution in [0.15, 0.2) is 30.3 Å². The number of hydrogen-bond acceptors (Lipinski definition) is 5. The summed E-state index contributed by atoms with van der Waals surface area (Å²) < 4.78 is 11.2. The van der Waals surface area contributed by atoms with Gasteiger partial charge in [-0.05, 0) is 42.7 Å². The van der Waals surface area contributed by atoms with E-state index in [1.165, 1.54) is 12.1 Å². The van der Waals surface area contributed by atoms with Gasteiger partial charge in [0.2, 0.25) is 0 Å². The molecule has 7 nitrogen and oxygen atoms in total. The number of nitrogens with one attached hydrogen (secondary N) is 1. The number of pyridine rings is 1. The molecule has 0 fully saturated rings. The van der Waals surface area contributed by atoms with Gasteiger partial charge in [-0.2, -0.15) is 0 Å². The first-order valence-electron chi connectivity index (χ1n) is 8.78. The normalized spacial score (nSPS) is 13.9. The molecule has 142 valence electrons. The monoisotopic (exact) mass is 370 g/mol. The molecule has 3 rings (SSSR count). The molecule has 2 aromatic rings. The van der Waals surface area contributed by atoms with Crippen molar-refractivity contribution in [2.45, 2.75) is 26.8 Å². The average Bonchev–Trinajstić information content (AvgIpc) is 2.64. The molecule has 27 heavy (non-hydrogen) atoms. The number of benzene rings is 1. The molecule has 1 amide bonds. The van der Waals surface area contributed by atoms with E-state index < -0.39 is 5.97 Å². The number of ether oxygens (including phenoxy) is 2. The fraction of sp³-hybridized carbons (Fsp3) is 0.350. The van der Waals surface area contributed by atoms with Crippen LogP contribution in [0.4, 0.5) is 0 Å². The first-order valence-corrected chi connectivity index (χ1v) is 8.78. The Labute approximate surface area is 157 Å². The van der Waals surface area contributed by atoms with Crippen LogP contribution in [0.5, 0.6) is 11.5 Å². The van der Waals surface area contributed by atoms with E-state index in [0.29, 0.717) is 30.4 Å². The third-order valence-corrected chi connectivity index (χ3v) is 4.43. The highest BCUT2D eigenvalue weighted by molar-refractivity contribution is 5.94. The van der Waals surface area contributed by atoms with Crippen molar-refractivity contribution in [2.75, 3.05) is 13.2 Å². The maximum absolute atomic E-state index is 12.7. The van der Waals surface area contributed by atoms with Gasteiger partial charge in [0.05, 0.1) is 17.3 Å². The zero-order valence-electron chi connectivity index (χ0n) is 15.5. The zero-order chi connectivity index (χ0) is 19.6. The van der Waals surface area contributed by atoms with Crippen LogP contribution < -0.4 is 14.8 Å². The summed E-state index contributed by atoms with van der Waals surface area (Å²) in [6, 6.07) is 8.20. The quantitative estimate of drug-likeness (QED) is 0.840. The van der Waals surface area contributed by atoms with E-state index in [4.69, 9.17) is 14.6 Å². The van der Waals surface area contributed by atoms with Gasteiger partial charge in [-0.15, -0.1) is 0 Å².